The molecule has 6 nitrogen and oxygen atoms in total. The summed E-state index contributed by atoms with van der Waals surface area (Å²) in [6.45, 7) is -0.399. The van der Waals surface area contributed by atoms with Crippen LogP contribution in [0.25, 0.3) is 0 Å². The topological polar surface area (TPSA) is 105 Å². The molecule has 5 N–H and O–H groups in total. The Labute approximate surface area is 116 Å². The van der Waals surface area contributed by atoms with Gasteiger partial charge in [0.15, 0.2) is 6.10 Å². The lowest BCUT2D eigenvalue weighted by molar-refractivity contribution is -0.198. The first-order valence-corrected chi connectivity index (χ1v) is 6.37. The third kappa shape index (κ3) is 3.13. The normalized spacial score (nSPS) is 35.1. The van der Waals surface area contributed by atoms with Crippen molar-refractivity contribution in [1.29, 1.82) is 0 Å². The Kier molecular flexibility index (Phi) is 4.54. The summed E-state index contributed by atoms with van der Waals surface area (Å²) in [5.74, 6) is 0.482. The highest BCUT2D eigenvalue weighted by atomic mass is 32.1. The number of rotatable bonds is 3. The summed E-state index contributed by atoms with van der Waals surface area (Å²) < 4.78 is 10.8. The minimum atomic E-state index is -1.23. The van der Waals surface area contributed by atoms with Gasteiger partial charge in [-0.15, -0.1) is 12.6 Å². The molecule has 106 valence electrons. The summed E-state index contributed by atoms with van der Waals surface area (Å²) in [5.41, 5.74) is 5.40. The van der Waals surface area contributed by atoms with E-state index in [0.29, 0.717) is 11.4 Å². The molecule has 1 saturated heterocycles. The van der Waals surface area contributed by atoms with E-state index in [-0.39, 0.29) is 0 Å². The largest absolute Gasteiger partial charge is 0.484 e. The van der Waals surface area contributed by atoms with E-state index in [1.807, 2.05) is 0 Å². The molecule has 1 fully saturated rings. The predicted molar refractivity (Wildman–Crippen MR) is 72.0 cm³/mol. The number of aliphatic hydroxyl groups excluding tert-OH is 3. The molecule has 0 aliphatic carbocycles. The minimum Gasteiger partial charge on any atom is -0.484 e. The van der Waals surface area contributed by atoms with E-state index in [1.165, 1.54) is 0 Å². The van der Waals surface area contributed by atoms with Crippen molar-refractivity contribution in [3.63, 3.8) is 0 Å². The highest BCUT2D eigenvalue weighted by Crippen LogP contribution is 2.27. The molecule has 7 heteroatoms. The Balaban J connectivity index is 2.09. The maximum Gasteiger partial charge on any atom is 0.162 e. The first-order valence-electron chi connectivity index (χ1n) is 5.85. The monoisotopic (exact) mass is 287 g/mol. The molecule has 0 unspecified atom stereocenters. The van der Waals surface area contributed by atoms with Gasteiger partial charge in [-0.3, -0.25) is 0 Å². The first kappa shape index (κ1) is 14.4. The molecule has 2 rings (SSSR count). The van der Waals surface area contributed by atoms with E-state index in [2.05, 4.69) is 12.6 Å². The minimum absolute atomic E-state index is 0.399. The Morgan fingerprint density at radius 2 is 1.84 bits per heavy atom. The van der Waals surface area contributed by atoms with Gasteiger partial charge in [-0.2, -0.15) is 0 Å². The van der Waals surface area contributed by atoms with Crippen molar-refractivity contribution in [3.8, 4) is 5.75 Å². The van der Waals surface area contributed by atoms with E-state index < -0.39 is 36.5 Å². The molecular weight excluding hydrogens is 270 g/mol. The second-order valence-electron chi connectivity index (χ2n) is 4.38. The van der Waals surface area contributed by atoms with Crippen LogP contribution in [-0.2, 0) is 4.74 Å². The second-order valence-corrected chi connectivity index (χ2v) is 4.89. The Morgan fingerprint density at radius 3 is 2.42 bits per heavy atom. The van der Waals surface area contributed by atoms with Crippen molar-refractivity contribution in [2.24, 2.45) is 0 Å². The number of nitrogens with two attached hydrogens (primary N) is 1. The predicted octanol–water partition coefficient (Wildman–Crippen LogP) is -0.615. The van der Waals surface area contributed by atoms with Crippen LogP contribution in [0, 0.1) is 0 Å². The van der Waals surface area contributed by atoms with Gasteiger partial charge >= 0.3 is 0 Å². The lowest BCUT2D eigenvalue weighted by Crippen LogP contribution is -2.58. The van der Waals surface area contributed by atoms with Crippen LogP contribution in [0.1, 0.15) is 0 Å². The summed E-state index contributed by atoms with van der Waals surface area (Å²) >= 11 is 4.17. The number of hydrogen-bond acceptors (Lipinski definition) is 7. The van der Waals surface area contributed by atoms with Crippen molar-refractivity contribution in [2.75, 3.05) is 12.3 Å². The summed E-state index contributed by atoms with van der Waals surface area (Å²) in [6.07, 6.45) is -4.15. The van der Waals surface area contributed by atoms with E-state index in [1.54, 1.807) is 24.3 Å². The Bertz CT molecular complexity index is 415. The van der Waals surface area contributed by atoms with Crippen LogP contribution in [0.5, 0.6) is 5.75 Å². The number of nitrogen functional groups attached to an aromatic ring is 1. The molecule has 0 radical (unpaired) electrons. The Morgan fingerprint density at radius 1 is 1.21 bits per heavy atom. The molecule has 1 aliphatic heterocycles. The van der Waals surface area contributed by atoms with Gasteiger partial charge in [0.25, 0.3) is 0 Å². The molecule has 5 atom stereocenters. The lowest BCUT2D eigenvalue weighted by atomic mass is 10.00. The Hall–Kier alpha value is -0.990. The van der Waals surface area contributed by atoms with Crippen LogP contribution < -0.4 is 10.5 Å². The van der Waals surface area contributed by atoms with Gasteiger partial charge in [0.2, 0.25) is 0 Å². The second kappa shape index (κ2) is 5.98. The number of anilines is 1. The molecule has 19 heavy (non-hydrogen) atoms. The highest BCUT2D eigenvalue weighted by molar-refractivity contribution is 7.80. The number of ether oxygens (including phenoxy) is 2. The fourth-order valence-corrected chi connectivity index (χ4v) is 2.30. The zero-order chi connectivity index (χ0) is 14.0. The van der Waals surface area contributed by atoms with E-state index in [9.17, 15) is 10.2 Å². The van der Waals surface area contributed by atoms with Crippen LogP contribution in [-0.4, -0.2) is 51.8 Å². The molecular formula is C12H17NO5S. The molecule has 0 spiro atoms. The van der Waals surface area contributed by atoms with E-state index in [0.717, 1.165) is 0 Å². The van der Waals surface area contributed by atoms with Crippen LogP contribution in [0.2, 0.25) is 0 Å². The zero-order valence-electron chi connectivity index (χ0n) is 10.1. The van der Waals surface area contributed by atoms with Crippen molar-refractivity contribution in [2.45, 2.75) is 29.9 Å². The molecule has 0 bridgehead atoms. The summed E-state index contributed by atoms with van der Waals surface area (Å²) in [6, 6.07) is 6.61. The van der Waals surface area contributed by atoms with Gasteiger partial charge in [-0.1, -0.05) is 0 Å². The summed E-state index contributed by atoms with van der Waals surface area (Å²) in [7, 11) is 0. The quantitative estimate of drug-likeness (QED) is 0.375. The lowest BCUT2D eigenvalue weighted by Gasteiger charge is -2.40. The van der Waals surface area contributed by atoms with Crippen molar-refractivity contribution >= 4 is 18.3 Å². The number of aliphatic hydroxyl groups is 3. The van der Waals surface area contributed by atoms with Crippen LogP contribution in [0.3, 0.4) is 0 Å². The third-order valence-electron chi connectivity index (χ3n) is 2.99. The number of benzene rings is 1. The van der Waals surface area contributed by atoms with Gasteiger partial charge in [0.05, 0.1) is 6.61 Å². The average Bonchev–Trinajstić information content (AvgIpc) is 2.41. The molecule has 0 aromatic heterocycles. The fraction of sp³-hybridized carbons (Fsp3) is 0.500. The van der Waals surface area contributed by atoms with Gasteiger partial charge in [0, 0.05) is 5.69 Å². The maximum absolute atomic E-state index is 9.99. The van der Waals surface area contributed by atoms with Crippen molar-refractivity contribution < 1.29 is 24.8 Å². The van der Waals surface area contributed by atoms with E-state index in [4.69, 9.17) is 20.3 Å². The molecule has 0 saturated carbocycles. The summed E-state index contributed by atoms with van der Waals surface area (Å²) in [5, 5.41) is 28.8. The number of thiol groups is 1. The highest BCUT2D eigenvalue weighted by Gasteiger charge is 2.44. The molecule has 1 aromatic rings. The standard InChI is InChI=1S/C12H17NO5S/c13-6-1-3-7(4-2-6)17-11-10(16)9(15)8(5-14)18-12(11)19/h1-4,8-12,14-16,19H,5,13H2/t8-,9-,10+,11+,12+/m1/s1. The van der Waals surface area contributed by atoms with Crippen molar-refractivity contribution in [3.05, 3.63) is 24.3 Å². The molecule has 1 aliphatic rings. The van der Waals surface area contributed by atoms with Crippen LogP contribution >= 0.6 is 12.6 Å². The van der Waals surface area contributed by atoms with E-state index >= 15 is 0 Å². The third-order valence-corrected chi connectivity index (χ3v) is 3.41. The van der Waals surface area contributed by atoms with Gasteiger partial charge in [-0.05, 0) is 24.3 Å². The van der Waals surface area contributed by atoms with Gasteiger partial charge in [0.1, 0.15) is 29.5 Å². The van der Waals surface area contributed by atoms with Crippen LogP contribution in [0.4, 0.5) is 5.69 Å². The van der Waals surface area contributed by atoms with Crippen LogP contribution in [0.15, 0.2) is 24.3 Å². The van der Waals surface area contributed by atoms with Crippen molar-refractivity contribution in [1.82, 2.24) is 0 Å². The zero-order valence-corrected chi connectivity index (χ0v) is 11.0. The maximum atomic E-state index is 9.99. The first-order chi connectivity index (χ1) is 9.02. The SMILES string of the molecule is Nc1ccc(O[C@H]2[C@@H](O)[C@H](O)[C@@H](CO)O[C@H]2S)cc1. The van der Waals surface area contributed by atoms with Gasteiger partial charge < -0.3 is 30.5 Å². The average molecular weight is 287 g/mol. The molecule has 1 aromatic carbocycles. The molecule has 1 heterocycles. The summed E-state index contributed by atoms with van der Waals surface area (Å²) in [4.78, 5) is 0. The number of hydrogen-bond donors (Lipinski definition) is 5. The smallest absolute Gasteiger partial charge is 0.162 e. The molecule has 0 amide bonds. The van der Waals surface area contributed by atoms with Gasteiger partial charge in [-0.25, -0.2) is 0 Å². The fourth-order valence-electron chi connectivity index (χ4n) is 1.90.